The molecule has 0 bridgehead atoms. The molecule has 0 radical (unpaired) electrons. The average molecular weight is 220 g/mol. The highest BCUT2D eigenvalue weighted by atomic mass is 16.5. The fraction of sp³-hybridized carbons (Fsp3) is 0.538. The van der Waals surface area contributed by atoms with E-state index in [0.717, 1.165) is 42.6 Å². The molecule has 16 heavy (non-hydrogen) atoms. The van der Waals surface area contributed by atoms with Gasteiger partial charge in [0.1, 0.15) is 0 Å². The lowest BCUT2D eigenvalue weighted by molar-refractivity contribution is 0.185. The third-order valence-electron chi connectivity index (χ3n) is 3.27. The van der Waals surface area contributed by atoms with Crippen molar-refractivity contribution in [3.63, 3.8) is 0 Å². The lowest BCUT2D eigenvalue weighted by atomic mass is 10.1. The lowest BCUT2D eigenvalue weighted by Crippen LogP contribution is -2.10. The molecule has 1 atom stereocenters. The van der Waals surface area contributed by atoms with Crippen molar-refractivity contribution in [2.24, 2.45) is 5.92 Å². The van der Waals surface area contributed by atoms with Gasteiger partial charge in [0.25, 0.3) is 0 Å². The Morgan fingerprint density at radius 1 is 1.50 bits per heavy atom. The predicted molar refractivity (Wildman–Crippen MR) is 67.6 cm³/mol. The van der Waals surface area contributed by atoms with Gasteiger partial charge in [-0.2, -0.15) is 0 Å². The molecule has 3 N–H and O–H groups in total. The maximum Gasteiger partial charge on any atom is 0.0495 e. The van der Waals surface area contributed by atoms with Crippen molar-refractivity contribution in [1.29, 1.82) is 0 Å². The number of rotatable bonds is 4. The second-order valence-corrected chi connectivity index (χ2v) is 4.46. The van der Waals surface area contributed by atoms with Gasteiger partial charge >= 0.3 is 0 Å². The van der Waals surface area contributed by atoms with Gasteiger partial charge in [-0.1, -0.05) is 6.07 Å². The number of nitrogens with one attached hydrogen (secondary N) is 1. The van der Waals surface area contributed by atoms with E-state index in [1.165, 1.54) is 12.8 Å². The van der Waals surface area contributed by atoms with Gasteiger partial charge in [0.2, 0.25) is 0 Å². The Hall–Kier alpha value is -1.22. The van der Waals surface area contributed by atoms with Crippen molar-refractivity contribution in [3.05, 3.63) is 23.8 Å². The molecule has 1 heterocycles. The van der Waals surface area contributed by atoms with Crippen LogP contribution in [0.15, 0.2) is 18.2 Å². The normalized spacial score (nSPS) is 19.9. The first kappa shape index (κ1) is 11.3. The van der Waals surface area contributed by atoms with E-state index in [4.69, 9.17) is 10.5 Å². The van der Waals surface area contributed by atoms with Crippen molar-refractivity contribution >= 4 is 11.4 Å². The first-order valence-corrected chi connectivity index (χ1v) is 5.94. The molecule has 0 amide bonds. The van der Waals surface area contributed by atoms with Gasteiger partial charge in [0, 0.05) is 31.1 Å². The highest BCUT2D eigenvalue weighted by Gasteiger charge is 2.14. The zero-order valence-electron chi connectivity index (χ0n) is 9.83. The van der Waals surface area contributed by atoms with Gasteiger partial charge in [0.05, 0.1) is 0 Å². The van der Waals surface area contributed by atoms with Crippen LogP contribution in [0, 0.1) is 12.8 Å². The van der Waals surface area contributed by atoms with E-state index in [9.17, 15) is 0 Å². The van der Waals surface area contributed by atoms with Crippen LogP contribution in [-0.2, 0) is 4.74 Å². The highest BCUT2D eigenvalue weighted by Crippen LogP contribution is 2.21. The molecular formula is C13H20N2O. The summed E-state index contributed by atoms with van der Waals surface area (Å²) in [6.07, 6.45) is 2.38. The van der Waals surface area contributed by atoms with Crippen LogP contribution in [0.5, 0.6) is 0 Å². The molecule has 0 aliphatic carbocycles. The minimum Gasteiger partial charge on any atom is -0.398 e. The van der Waals surface area contributed by atoms with Crippen LogP contribution in [-0.4, -0.2) is 19.8 Å². The summed E-state index contributed by atoms with van der Waals surface area (Å²) in [6, 6.07) is 6.01. The molecule has 2 rings (SSSR count). The molecule has 88 valence electrons. The summed E-state index contributed by atoms with van der Waals surface area (Å²) < 4.78 is 5.35. The van der Waals surface area contributed by atoms with Gasteiger partial charge in [-0.05, 0) is 43.4 Å². The van der Waals surface area contributed by atoms with E-state index >= 15 is 0 Å². The molecule has 1 unspecified atom stereocenters. The maximum atomic E-state index is 5.85. The third-order valence-corrected chi connectivity index (χ3v) is 3.27. The summed E-state index contributed by atoms with van der Waals surface area (Å²) in [4.78, 5) is 0. The van der Waals surface area contributed by atoms with Crippen LogP contribution < -0.4 is 11.1 Å². The zero-order chi connectivity index (χ0) is 11.4. The Kier molecular flexibility index (Phi) is 3.67. The summed E-state index contributed by atoms with van der Waals surface area (Å²) in [5.41, 5.74) is 9.01. The third kappa shape index (κ3) is 2.67. The summed E-state index contributed by atoms with van der Waals surface area (Å²) in [7, 11) is 0. The molecule has 1 aliphatic heterocycles. The van der Waals surface area contributed by atoms with Gasteiger partial charge in [-0.15, -0.1) is 0 Å². The molecule has 0 aromatic heterocycles. The molecule has 3 heteroatoms. The van der Waals surface area contributed by atoms with Crippen molar-refractivity contribution in [3.8, 4) is 0 Å². The molecule has 1 aliphatic rings. The van der Waals surface area contributed by atoms with E-state index in [2.05, 4.69) is 18.3 Å². The van der Waals surface area contributed by atoms with Gasteiger partial charge < -0.3 is 15.8 Å². The summed E-state index contributed by atoms with van der Waals surface area (Å²) in [6.45, 7) is 4.91. The van der Waals surface area contributed by atoms with Crippen molar-refractivity contribution in [1.82, 2.24) is 0 Å². The molecule has 0 saturated carbocycles. The predicted octanol–water partition coefficient (Wildman–Crippen LogP) is 2.42. The number of anilines is 2. The second kappa shape index (κ2) is 5.21. The Balaban J connectivity index is 1.82. The van der Waals surface area contributed by atoms with E-state index < -0.39 is 0 Å². The molecule has 0 spiro atoms. The zero-order valence-corrected chi connectivity index (χ0v) is 9.83. The summed E-state index contributed by atoms with van der Waals surface area (Å²) in [5.74, 6) is 0.730. The van der Waals surface area contributed by atoms with Crippen LogP contribution in [0.4, 0.5) is 11.4 Å². The van der Waals surface area contributed by atoms with Gasteiger partial charge in [-0.25, -0.2) is 0 Å². The fourth-order valence-corrected chi connectivity index (χ4v) is 2.07. The Labute approximate surface area is 97.0 Å². The van der Waals surface area contributed by atoms with Gasteiger partial charge in [0.15, 0.2) is 0 Å². The topological polar surface area (TPSA) is 47.3 Å². The lowest BCUT2D eigenvalue weighted by Gasteiger charge is -2.13. The van der Waals surface area contributed by atoms with Crippen LogP contribution in [0.1, 0.15) is 18.4 Å². The van der Waals surface area contributed by atoms with Crippen molar-refractivity contribution in [2.75, 3.05) is 30.8 Å². The average Bonchev–Trinajstić information content (AvgIpc) is 2.77. The highest BCUT2D eigenvalue weighted by molar-refractivity contribution is 5.62. The van der Waals surface area contributed by atoms with E-state index in [0.29, 0.717) is 0 Å². The molecule has 1 aromatic carbocycles. The minimum atomic E-state index is 0.730. The number of hydrogen-bond donors (Lipinski definition) is 2. The fourth-order valence-electron chi connectivity index (χ4n) is 2.07. The monoisotopic (exact) mass is 220 g/mol. The Morgan fingerprint density at radius 2 is 2.38 bits per heavy atom. The van der Waals surface area contributed by atoms with Crippen LogP contribution in [0.2, 0.25) is 0 Å². The standard InChI is InChI=1S/C13H20N2O/c1-10-12(14)3-2-4-13(10)15-7-5-11-6-8-16-9-11/h2-4,11,15H,5-9,14H2,1H3. The van der Waals surface area contributed by atoms with E-state index in [1.807, 2.05) is 12.1 Å². The number of hydrogen-bond acceptors (Lipinski definition) is 3. The molecular weight excluding hydrogens is 200 g/mol. The maximum absolute atomic E-state index is 5.85. The van der Waals surface area contributed by atoms with Crippen molar-refractivity contribution < 1.29 is 4.74 Å². The SMILES string of the molecule is Cc1c(N)cccc1NCCC1CCOC1. The largest absolute Gasteiger partial charge is 0.398 e. The molecule has 1 fully saturated rings. The minimum absolute atomic E-state index is 0.730. The summed E-state index contributed by atoms with van der Waals surface area (Å²) >= 11 is 0. The van der Waals surface area contributed by atoms with Crippen LogP contribution >= 0.6 is 0 Å². The second-order valence-electron chi connectivity index (χ2n) is 4.46. The van der Waals surface area contributed by atoms with Crippen LogP contribution in [0.25, 0.3) is 0 Å². The quantitative estimate of drug-likeness (QED) is 0.766. The Bertz CT molecular complexity index is 346. The molecule has 3 nitrogen and oxygen atoms in total. The molecule has 1 saturated heterocycles. The van der Waals surface area contributed by atoms with Gasteiger partial charge in [-0.3, -0.25) is 0 Å². The molecule has 1 aromatic rings. The van der Waals surface area contributed by atoms with Crippen molar-refractivity contribution in [2.45, 2.75) is 19.8 Å². The van der Waals surface area contributed by atoms with E-state index in [1.54, 1.807) is 0 Å². The number of benzene rings is 1. The number of nitrogens with two attached hydrogens (primary N) is 1. The first-order chi connectivity index (χ1) is 7.77. The first-order valence-electron chi connectivity index (χ1n) is 5.94. The van der Waals surface area contributed by atoms with Crippen LogP contribution in [0.3, 0.4) is 0 Å². The number of nitrogen functional groups attached to an aromatic ring is 1. The smallest absolute Gasteiger partial charge is 0.0495 e. The Morgan fingerprint density at radius 3 is 3.12 bits per heavy atom. The number of ether oxygens (including phenoxy) is 1. The van der Waals surface area contributed by atoms with E-state index in [-0.39, 0.29) is 0 Å². The summed E-state index contributed by atoms with van der Waals surface area (Å²) in [5, 5.41) is 3.45.